The van der Waals surface area contributed by atoms with Crippen molar-refractivity contribution in [2.24, 2.45) is 11.1 Å². The zero-order chi connectivity index (χ0) is 12.8. The predicted octanol–water partition coefficient (Wildman–Crippen LogP) is 0.770. The normalized spacial score (nSPS) is 30.2. The number of rotatable bonds is 6. The lowest BCUT2D eigenvalue weighted by molar-refractivity contribution is -0.0188. The Morgan fingerprint density at radius 3 is 2.67 bits per heavy atom. The average molecular weight is 255 g/mol. The Bertz CT molecular complexity index is 235. The maximum absolute atomic E-state index is 5.99. The molecule has 1 atom stereocenters. The number of ether oxygens (including phenoxy) is 1. The van der Waals surface area contributed by atoms with Crippen LogP contribution in [0.4, 0.5) is 0 Å². The molecule has 0 aliphatic carbocycles. The van der Waals surface area contributed by atoms with Crippen LogP contribution in [0.1, 0.15) is 25.7 Å². The Kier molecular flexibility index (Phi) is 5.42. The summed E-state index contributed by atoms with van der Waals surface area (Å²) < 4.78 is 5.64. The van der Waals surface area contributed by atoms with Gasteiger partial charge >= 0.3 is 0 Å². The molecule has 0 aromatic rings. The number of nitrogens with two attached hydrogens (primary N) is 1. The zero-order valence-corrected chi connectivity index (χ0v) is 11.9. The van der Waals surface area contributed by atoms with Crippen molar-refractivity contribution in [1.82, 2.24) is 9.80 Å². The molecule has 0 amide bonds. The monoisotopic (exact) mass is 255 g/mol. The summed E-state index contributed by atoms with van der Waals surface area (Å²) in [6.07, 6.45) is 5.14. The van der Waals surface area contributed by atoms with Crippen LogP contribution in [0.25, 0.3) is 0 Å². The molecule has 0 saturated carbocycles. The molecule has 0 spiro atoms. The first-order valence-corrected chi connectivity index (χ1v) is 7.43. The minimum absolute atomic E-state index is 0.206. The quantitative estimate of drug-likeness (QED) is 0.761. The van der Waals surface area contributed by atoms with Crippen molar-refractivity contribution < 1.29 is 4.74 Å². The van der Waals surface area contributed by atoms with Gasteiger partial charge in [-0.1, -0.05) is 0 Å². The first-order valence-electron chi connectivity index (χ1n) is 7.43. The van der Waals surface area contributed by atoms with Crippen LogP contribution in [0, 0.1) is 5.41 Å². The molecular formula is C14H29N3O. The van der Waals surface area contributed by atoms with E-state index in [4.69, 9.17) is 10.5 Å². The van der Waals surface area contributed by atoms with E-state index in [2.05, 4.69) is 16.8 Å². The van der Waals surface area contributed by atoms with Crippen molar-refractivity contribution in [1.29, 1.82) is 0 Å². The van der Waals surface area contributed by atoms with Gasteiger partial charge in [0, 0.05) is 38.2 Å². The third kappa shape index (κ3) is 3.92. The Labute approximate surface area is 111 Å². The maximum Gasteiger partial charge on any atom is 0.0546 e. The van der Waals surface area contributed by atoms with Crippen LogP contribution in [-0.2, 0) is 4.74 Å². The first kappa shape index (κ1) is 14.3. The number of likely N-dealkylation sites (N-methyl/N-ethyl adjacent to an activating group) is 1. The summed E-state index contributed by atoms with van der Waals surface area (Å²) in [4.78, 5) is 5.02. The lowest BCUT2D eigenvalue weighted by Gasteiger charge is -2.39. The molecule has 2 N–H and O–H groups in total. The molecule has 0 aromatic carbocycles. The molecule has 2 saturated heterocycles. The van der Waals surface area contributed by atoms with Crippen molar-refractivity contribution in [2.45, 2.75) is 25.7 Å². The highest BCUT2D eigenvalue weighted by Gasteiger charge is 2.32. The highest BCUT2D eigenvalue weighted by Crippen LogP contribution is 2.28. The Morgan fingerprint density at radius 1 is 1.28 bits per heavy atom. The van der Waals surface area contributed by atoms with Gasteiger partial charge < -0.3 is 20.3 Å². The van der Waals surface area contributed by atoms with Crippen molar-refractivity contribution in [3.05, 3.63) is 0 Å². The van der Waals surface area contributed by atoms with Crippen molar-refractivity contribution in [3.63, 3.8) is 0 Å². The van der Waals surface area contributed by atoms with Crippen LogP contribution in [0.2, 0.25) is 0 Å². The van der Waals surface area contributed by atoms with Crippen molar-refractivity contribution in [3.8, 4) is 0 Å². The number of hydrogen-bond acceptors (Lipinski definition) is 4. The number of likely N-dealkylation sites (tertiary alicyclic amines) is 1. The van der Waals surface area contributed by atoms with Crippen LogP contribution in [0.15, 0.2) is 0 Å². The van der Waals surface area contributed by atoms with E-state index in [0.29, 0.717) is 0 Å². The third-order valence-electron chi connectivity index (χ3n) is 4.44. The molecule has 2 aliphatic rings. The van der Waals surface area contributed by atoms with Gasteiger partial charge in [-0.25, -0.2) is 0 Å². The van der Waals surface area contributed by atoms with Gasteiger partial charge in [-0.3, -0.25) is 0 Å². The van der Waals surface area contributed by atoms with E-state index in [1.807, 2.05) is 0 Å². The number of hydrogen-bond donors (Lipinski definition) is 1. The molecule has 0 bridgehead atoms. The Balaban J connectivity index is 1.72. The molecule has 18 heavy (non-hydrogen) atoms. The Morgan fingerprint density at radius 2 is 2.06 bits per heavy atom. The second-order valence-corrected chi connectivity index (χ2v) is 6.15. The summed E-state index contributed by atoms with van der Waals surface area (Å²) >= 11 is 0. The summed E-state index contributed by atoms with van der Waals surface area (Å²) in [6, 6.07) is 0. The molecule has 1 unspecified atom stereocenters. The van der Waals surface area contributed by atoms with Gasteiger partial charge in [0.1, 0.15) is 0 Å². The molecule has 4 nitrogen and oxygen atoms in total. The summed E-state index contributed by atoms with van der Waals surface area (Å²) in [5, 5.41) is 0. The smallest absolute Gasteiger partial charge is 0.0546 e. The maximum atomic E-state index is 5.99. The van der Waals surface area contributed by atoms with Crippen LogP contribution in [0.3, 0.4) is 0 Å². The summed E-state index contributed by atoms with van der Waals surface area (Å²) in [5.74, 6) is 0. The lowest BCUT2D eigenvalue weighted by Crippen LogP contribution is -2.48. The fourth-order valence-corrected chi connectivity index (χ4v) is 3.23. The number of nitrogens with zero attached hydrogens (tertiary/aromatic N) is 2. The van der Waals surface area contributed by atoms with Gasteiger partial charge in [0.25, 0.3) is 0 Å². The van der Waals surface area contributed by atoms with Gasteiger partial charge in [-0.2, -0.15) is 0 Å². The standard InChI is InChI=1S/C14H29N3O/c1-16(8-9-17-6-2-3-7-17)12-14(11-15)5-4-10-18-13-14/h2-13,15H2,1H3. The van der Waals surface area contributed by atoms with Crippen LogP contribution < -0.4 is 5.73 Å². The fraction of sp³-hybridized carbons (Fsp3) is 1.00. The summed E-state index contributed by atoms with van der Waals surface area (Å²) in [6.45, 7) is 8.53. The van der Waals surface area contributed by atoms with E-state index < -0.39 is 0 Å². The second-order valence-electron chi connectivity index (χ2n) is 6.15. The van der Waals surface area contributed by atoms with Crippen LogP contribution in [-0.4, -0.2) is 69.3 Å². The molecule has 2 heterocycles. The van der Waals surface area contributed by atoms with E-state index in [1.165, 1.54) is 38.9 Å². The van der Waals surface area contributed by atoms with Crippen molar-refractivity contribution >= 4 is 0 Å². The third-order valence-corrected chi connectivity index (χ3v) is 4.44. The predicted molar refractivity (Wildman–Crippen MR) is 74.7 cm³/mol. The van der Waals surface area contributed by atoms with Gasteiger partial charge in [0.15, 0.2) is 0 Å². The molecule has 0 aromatic heterocycles. The highest BCUT2D eigenvalue weighted by atomic mass is 16.5. The van der Waals surface area contributed by atoms with Crippen LogP contribution >= 0.6 is 0 Å². The summed E-state index contributed by atoms with van der Waals surface area (Å²) in [5.41, 5.74) is 6.19. The molecule has 2 rings (SSSR count). The lowest BCUT2D eigenvalue weighted by atomic mass is 9.82. The van der Waals surface area contributed by atoms with Gasteiger partial charge in [-0.15, -0.1) is 0 Å². The van der Waals surface area contributed by atoms with Gasteiger partial charge in [0.05, 0.1) is 6.61 Å². The van der Waals surface area contributed by atoms with E-state index in [1.54, 1.807) is 0 Å². The van der Waals surface area contributed by atoms with Crippen LogP contribution in [0.5, 0.6) is 0 Å². The van der Waals surface area contributed by atoms with E-state index >= 15 is 0 Å². The minimum atomic E-state index is 0.206. The van der Waals surface area contributed by atoms with Gasteiger partial charge in [-0.05, 0) is 45.8 Å². The second kappa shape index (κ2) is 6.85. The molecule has 106 valence electrons. The first-order chi connectivity index (χ1) is 8.74. The molecule has 4 heteroatoms. The molecule has 2 aliphatic heterocycles. The van der Waals surface area contributed by atoms with E-state index in [9.17, 15) is 0 Å². The van der Waals surface area contributed by atoms with Gasteiger partial charge in [0.2, 0.25) is 0 Å². The molecule has 2 fully saturated rings. The minimum Gasteiger partial charge on any atom is -0.381 e. The van der Waals surface area contributed by atoms with Crippen molar-refractivity contribution in [2.75, 3.05) is 59.5 Å². The average Bonchev–Trinajstić information content (AvgIpc) is 2.91. The summed E-state index contributed by atoms with van der Waals surface area (Å²) in [7, 11) is 2.22. The molecule has 0 radical (unpaired) electrons. The SMILES string of the molecule is CN(CCN1CCCC1)CC1(CN)CCCOC1. The van der Waals surface area contributed by atoms with E-state index in [-0.39, 0.29) is 5.41 Å². The topological polar surface area (TPSA) is 41.7 Å². The zero-order valence-electron chi connectivity index (χ0n) is 11.9. The largest absolute Gasteiger partial charge is 0.381 e. The van der Waals surface area contributed by atoms with E-state index in [0.717, 1.165) is 39.3 Å². The molecular weight excluding hydrogens is 226 g/mol. The Hall–Kier alpha value is -0.160. The highest BCUT2D eigenvalue weighted by molar-refractivity contribution is 4.85. The fourth-order valence-electron chi connectivity index (χ4n) is 3.23.